The lowest BCUT2D eigenvalue weighted by molar-refractivity contribution is -0.121. The standard InChI is InChI=1S/C18H23N3O3/c22-18(8-11-21-10-2-9-20-21)19-13-15-4-6-16(7-5-15)24-14-17-3-1-12-23-17/h2,4-7,9-10,17H,1,3,8,11-14H2,(H,19,22)/t17-/m1/s1. The van der Waals surface area contributed by atoms with E-state index in [-0.39, 0.29) is 12.0 Å². The van der Waals surface area contributed by atoms with Crippen molar-refractivity contribution in [2.24, 2.45) is 0 Å². The number of hydrogen-bond acceptors (Lipinski definition) is 4. The van der Waals surface area contributed by atoms with Crippen molar-refractivity contribution >= 4 is 5.91 Å². The lowest BCUT2D eigenvalue weighted by Gasteiger charge is -2.12. The fourth-order valence-electron chi connectivity index (χ4n) is 2.61. The van der Waals surface area contributed by atoms with Crippen LogP contribution in [-0.4, -0.2) is 35.0 Å². The monoisotopic (exact) mass is 329 g/mol. The van der Waals surface area contributed by atoms with Crippen molar-refractivity contribution in [2.75, 3.05) is 13.2 Å². The van der Waals surface area contributed by atoms with Gasteiger partial charge in [0.1, 0.15) is 12.4 Å². The first-order valence-corrected chi connectivity index (χ1v) is 8.37. The van der Waals surface area contributed by atoms with Gasteiger partial charge >= 0.3 is 0 Å². The van der Waals surface area contributed by atoms with Crippen molar-refractivity contribution in [2.45, 2.75) is 38.5 Å². The number of carbonyl (C=O) groups is 1. The van der Waals surface area contributed by atoms with Crippen LogP contribution in [0.1, 0.15) is 24.8 Å². The van der Waals surface area contributed by atoms with Crippen LogP contribution < -0.4 is 10.1 Å². The molecule has 0 aliphatic carbocycles. The lowest BCUT2D eigenvalue weighted by atomic mass is 10.2. The Morgan fingerprint density at radius 1 is 1.38 bits per heavy atom. The SMILES string of the molecule is O=C(CCn1cccn1)NCc1ccc(OC[C@H]2CCCO2)cc1. The summed E-state index contributed by atoms with van der Waals surface area (Å²) in [5, 5.41) is 6.99. The van der Waals surface area contributed by atoms with Crippen molar-refractivity contribution < 1.29 is 14.3 Å². The quantitative estimate of drug-likeness (QED) is 0.806. The van der Waals surface area contributed by atoms with Crippen molar-refractivity contribution in [3.05, 3.63) is 48.3 Å². The van der Waals surface area contributed by atoms with Crippen molar-refractivity contribution in [1.29, 1.82) is 0 Å². The van der Waals surface area contributed by atoms with Gasteiger partial charge in [-0.1, -0.05) is 12.1 Å². The second-order valence-electron chi connectivity index (χ2n) is 5.89. The molecule has 1 aromatic heterocycles. The molecule has 0 saturated carbocycles. The minimum Gasteiger partial charge on any atom is -0.491 e. The van der Waals surface area contributed by atoms with Crippen molar-refractivity contribution in [1.82, 2.24) is 15.1 Å². The Balaban J connectivity index is 1.36. The van der Waals surface area contributed by atoms with Gasteiger partial charge in [0.25, 0.3) is 0 Å². The molecule has 0 radical (unpaired) electrons. The van der Waals surface area contributed by atoms with E-state index in [2.05, 4.69) is 10.4 Å². The normalized spacial score (nSPS) is 16.9. The van der Waals surface area contributed by atoms with Gasteiger partial charge in [-0.15, -0.1) is 0 Å². The molecule has 1 atom stereocenters. The molecule has 3 rings (SSSR count). The number of rotatable bonds is 8. The Morgan fingerprint density at radius 3 is 2.96 bits per heavy atom. The minimum atomic E-state index is 0.0178. The van der Waals surface area contributed by atoms with Crippen LogP contribution in [0.25, 0.3) is 0 Å². The van der Waals surface area contributed by atoms with Gasteiger partial charge in [0, 0.05) is 38.5 Å². The molecule has 1 fully saturated rings. The van der Waals surface area contributed by atoms with Crippen LogP contribution >= 0.6 is 0 Å². The highest BCUT2D eigenvalue weighted by Crippen LogP contribution is 2.16. The smallest absolute Gasteiger partial charge is 0.222 e. The maximum Gasteiger partial charge on any atom is 0.222 e. The van der Waals surface area contributed by atoms with Gasteiger partial charge in [-0.05, 0) is 36.6 Å². The van der Waals surface area contributed by atoms with Gasteiger partial charge in [-0.25, -0.2) is 0 Å². The van der Waals surface area contributed by atoms with E-state index in [1.807, 2.05) is 36.5 Å². The number of carbonyl (C=O) groups excluding carboxylic acids is 1. The summed E-state index contributed by atoms with van der Waals surface area (Å²) in [5.41, 5.74) is 1.05. The fraction of sp³-hybridized carbons (Fsp3) is 0.444. The molecule has 1 amide bonds. The summed E-state index contributed by atoms with van der Waals surface area (Å²) < 4.78 is 13.0. The van der Waals surface area contributed by atoms with Crippen LogP contribution in [0, 0.1) is 0 Å². The molecule has 2 heterocycles. The predicted molar refractivity (Wildman–Crippen MR) is 89.6 cm³/mol. The topological polar surface area (TPSA) is 65.4 Å². The van der Waals surface area contributed by atoms with Gasteiger partial charge in [0.2, 0.25) is 5.91 Å². The van der Waals surface area contributed by atoms with E-state index in [9.17, 15) is 4.79 Å². The summed E-state index contributed by atoms with van der Waals surface area (Å²) in [5.74, 6) is 0.850. The minimum absolute atomic E-state index is 0.0178. The molecule has 1 aliphatic rings. The summed E-state index contributed by atoms with van der Waals surface area (Å²) in [6.07, 6.45) is 6.39. The zero-order chi connectivity index (χ0) is 16.6. The number of nitrogens with zero attached hydrogens (tertiary/aromatic N) is 2. The molecular formula is C18H23N3O3. The van der Waals surface area contributed by atoms with Gasteiger partial charge in [0.05, 0.1) is 6.10 Å². The second kappa shape index (κ2) is 8.49. The third-order valence-corrected chi connectivity index (χ3v) is 4.00. The highest BCUT2D eigenvalue weighted by Gasteiger charge is 2.15. The summed E-state index contributed by atoms with van der Waals surface area (Å²) >= 11 is 0. The summed E-state index contributed by atoms with van der Waals surface area (Å²) in [7, 11) is 0. The highest BCUT2D eigenvalue weighted by molar-refractivity contribution is 5.75. The fourth-order valence-corrected chi connectivity index (χ4v) is 2.61. The summed E-state index contributed by atoms with van der Waals surface area (Å²) in [4.78, 5) is 11.8. The summed E-state index contributed by atoms with van der Waals surface area (Å²) in [6.45, 7) is 2.55. The van der Waals surface area contributed by atoms with Gasteiger partial charge < -0.3 is 14.8 Å². The Labute approximate surface area is 141 Å². The number of amides is 1. The number of aryl methyl sites for hydroxylation is 1. The third kappa shape index (κ3) is 5.09. The highest BCUT2D eigenvalue weighted by atomic mass is 16.5. The molecule has 1 aliphatic heterocycles. The molecule has 6 nitrogen and oxygen atoms in total. The van der Waals surface area contributed by atoms with Crippen molar-refractivity contribution in [3.8, 4) is 5.75 Å². The number of benzene rings is 1. The molecule has 2 aromatic rings. The molecule has 1 saturated heterocycles. The largest absolute Gasteiger partial charge is 0.491 e. The summed E-state index contributed by atoms with van der Waals surface area (Å²) in [6, 6.07) is 9.65. The molecular weight excluding hydrogens is 306 g/mol. The van der Waals surface area contributed by atoms with Gasteiger partial charge in [-0.2, -0.15) is 5.10 Å². The van der Waals surface area contributed by atoms with Gasteiger partial charge in [-0.3, -0.25) is 9.48 Å². The Hall–Kier alpha value is -2.34. The third-order valence-electron chi connectivity index (χ3n) is 4.00. The van der Waals surface area contributed by atoms with Crippen molar-refractivity contribution in [3.63, 3.8) is 0 Å². The Kier molecular flexibility index (Phi) is 5.85. The van der Waals surface area contributed by atoms with Crippen LogP contribution in [0.2, 0.25) is 0 Å². The van der Waals surface area contributed by atoms with E-state index in [4.69, 9.17) is 9.47 Å². The molecule has 24 heavy (non-hydrogen) atoms. The van der Waals surface area contributed by atoms with E-state index in [1.54, 1.807) is 10.9 Å². The predicted octanol–water partition coefficient (Wildman–Crippen LogP) is 2.15. The first kappa shape index (κ1) is 16.5. The van der Waals surface area contributed by atoms with E-state index >= 15 is 0 Å². The number of nitrogens with one attached hydrogen (secondary N) is 1. The zero-order valence-electron chi connectivity index (χ0n) is 13.7. The number of hydrogen-bond donors (Lipinski definition) is 1. The number of aromatic nitrogens is 2. The first-order chi connectivity index (χ1) is 11.8. The molecule has 0 bridgehead atoms. The van der Waals surface area contributed by atoms with E-state index < -0.39 is 0 Å². The maximum absolute atomic E-state index is 11.8. The van der Waals surface area contributed by atoms with E-state index in [0.717, 1.165) is 30.8 Å². The lowest BCUT2D eigenvalue weighted by Crippen LogP contribution is -2.24. The van der Waals surface area contributed by atoms with Crippen LogP contribution in [-0.2, 0) is 22.6 Å². The van der Waals surface area contributed by atoms with E-state index in [0.29, 0.717) is 26.1 Å². The molecule has 1 aromatic carbocycles. The van der Waals surface area contributed by atoms with Crippen LogP contribution in [0.5, 0.6) is 5.75 Å². The Morgan fingerprint density at radius 2 is 2.25 bits per heavy atom. The Bertz CT molecular complexity index is 619. The average molecular weight is 329 g/mol. The molecule has 128 valence electrons. The van der Waals surface area contributed by atoms with Crippen LogP contribution in [0.3, 0.4) is 0 Å². The average Bonchev–Trinajstić information content (AvgIpc) is 3.30. The van der Waals surface area contributed by atoms with E-state index in [1.165, 1.54) is 0 Å². The van der Waals surface area contributed by atoms with Gasteiger partial charge in [0.15, 0.2) is 0 Å². The molecule has 0 spiro atoms. The number of ether oxygens (including phenoxy) is 2. The molecule has 6 heteroatoms. The maximum atomic E-state index is 11.8. The van der Waals surface area contributed by atoms with Crippen LogP contribution in [0.15, 0.2) is 42.7 Å². The van der Waals surface area contributed by atoms with Crippen LogP contribution in [0.4, 0.5) is 0 Å². The molecule has 0 unspecified atom stereocenters. The zero-order valence-corrected chi connectivity index (χ0v) is 13.7. The molecule has 1 N–H and O–H groups in total. The first-order valence-electron chi connectivity index (χ1n) is 8.37. The second-order valence-corrected chi connectivity index (χ2v) is 5.89.